The Hall–Kier alpha value is -2.48. The van der Waals surface area contributed by atoms with Crippen molar-refractivity contribution in [2.24, 2.45) is 5.73 Å². The van der Waals surface area contributed by atoms with Crippen LogP contribution in [0.5, 0.6) is 11.5 Å². The van der Waals surface area contributed by atoms with Crippen LogP contribution in [0.4, 0.5) is 5.69 Å². The number of phenolic OH excluding ortho intramolecular Hbond substituents is 1. The second-order valence-electron chi connectivity index (χ2n) is 4.02. The Morgan fingerprint density at radius 2 is 1.91 bits per heavy atom. The lowest BCUT2D eigenvalue weighted by molar-refractivity contribution is -0.386. The first-order valence-corrected chi connectivity index (χ1v) is 6.99. The topological polar surface area (TPSA) is 211 Å². The van der Waals surface area contributed by atoms with Gasteiger partial charge in [0.2, 0.25) is 5.75 Å². The number of nitro benzene ring substituents is 1. The van der Waals surface area contributed by atoms with E-state index in [0.29, 0.717) is 5.56 Å². The summed E-state index contributed by atoms with van der Waals surface area (Å²) in [5.41, 5.74) is 5.08. The van der Waals surface area contributed by atoms with E-state index in [2.05, 4.69) is 0 Å². The zero-order valence-corrected chi connectivity index (χ0v) is 12.4. The third kappa shape index (κ3) is 7.91. The lowest BCUT2D eigenvalue weighted by atomic mass is 10.0. The van der Waals surface area contributed by atoms with Crippen molar-refractivity contribution in [3.63, 3.8) is 0 Å². The van der Waals surface area contributed by atoms with Crippen molar-refractivity contribution in [1.82, 2.24) is 0 Å². The van der Waals surface area contributed by atoms with Gasteiger partial charge in [-0.25, -0.2) is 0 Å². The van der Waals surface area contributed by atoms with Gasteiger partial charge in [0, 0.05) is 6.07 Å². The molecule has 0 fully saturated rings. The maximum Gasteiger partial charge on any atom is 0.394 e. The highest BCUT2D eigenvalue weighted by Crippen LogP contribution is 2.37. The van der Waals surface area contributed by atoms with Gasteiger partial charge in [-0.2, -0.15) is 8.42 Å². The van der Waals surface area contributed by atoms with Gasteiger partial charge in [0.25, 0.3) is 0 Å². The molecular formula is C10H14N2O10S. The summed E-state index contributed by atoms with van der Waals surface area (Å²) in [6.07, 6.45) is -0.104. The van der Waals surface area contributed by atoms with Gasteiger partial charge in [0.1, 0.15) is 6.04 Å². The summed E-state index contributed by atoms with van der Waals surface area (Å²) >= 11 is 0. The van der Waals surface area contributed by atoms with Gasteiger partial charge in [-0.3, -0.25) is 24.0 Å². The van der Waals surface area contributed by atoms with Gasteiger partial charge in [-0.1, -0.05) is 0 Å². The number of nitrogens with two attached hydrogens (primary N) is 1. The molecule has 0 radical (unpaired) electrons. The molecule has 13 heteroatoms. The third-order valence-corrected chi connectivity index (χ3v) is 2.30. The average Bonchev–Trinajstić information content (AvgIpc) is 2.38. The number of benzene rings is 1. The molecule has 1 atom stereocenters. The highest BCUT2D eigenvalue weighted by atomic mass is 32.3. The number of aromatic hydroxyl groups is 1. The second kappa shape index (κ2) is 8.23. The van der Waals surface area contributed by atoms with Gasteiger partial charge in [-0.15, -0.1) is 0 Å². The number of carbonyl (C=O) groups is 1. The van der Waals surface area contributed by atoms with Crippen LogP contribution in [0.3, 0.4) is 0 Å². The number of ether oxygens (including phenoxy) is 1. The minimum Gasteiger partial charge on any atom is -0.500 e. The number of nitrogens with zero attached hydrogens (tertiary/aromatic N) is 1. The Balaban J connectivity index is 0.000000841. The van der Waals surface area contributed by atoms with E-state index in [-0.39, 0.29) is 12.2 Å². The van der Waals surface area contributed by atoms with Crippen LogP contribution in [0.25, 0.3) is 0 Å². The summed E-state index contributed by atoms with van der Waals surface area (Å²) in [6.45, 7) is 0. The van der Waals surface area contributed by atoms with Crippen LogP contribution in [0.1, 0.15) is 5.56 Å². The molecule has 0 aliphatic rings. The minimum absolute atomic E-state index is 0.100. The van der Waals surface area contributed by atoms with E-state index in [4.69, 9.17) is 33.1 Å². The maximum atomic E-state index is 10.7. The van der Waals surface area contributed by atoms with Crippen LogP contribution in [0, 0.1) is 10.1 Å². The first-order chi connectivity index (χ1) is 10.4. The Kier molecular flexibility index (Phi) is 7.34. The molecule has 0 aromatic heterocycles. The quantitative estimate of drug-likeness (QED) is 0.261. The zero-order chi connectivity index (χ0) is 18.4. The van der Waals surface area contributed by atoms with Crippen LogP contribution in [0.2, 0.25) is 0 Å². The minimum atomic E-state index is -4.67. The number of methoxy groups -OCH3 is 1. The molecular weight excluding hydrogens is 340 g/mol. The monoisotopic (exact) mass is 354 g/mol. The van der Waals surface area contributed by atoms with Gasteiger partial charge in [0.05, 0.1) is 12.0 Å². The second-order valence-corrected chi connectivity index (χ2v) is 4.92. The number of hydrogen-bond acceptors (Lipinski definition) is 8. The molecule has 0 aliphatic heterocycles. The number of carboxylic acids is 1. The maximum absolute atomic E-state index is 10.7. The molecule has 1 aromatic rings. The van der Waals surface area contributed by atoms with Crippen molar-refractivity contribution >= 4 is 22.1 Å². The van der Waals surface area contributed by atoms with Crippen molar-refractivity contribution in [2.45, 2.75) is 12.5 Å². The van der Waals surface area contributed by atoms with Gasteiger partial charge in [-0.05, 0) is 18.1 Å². The number of rotatable bonds is 5. The fourth-order valence-corrected chi connectivity index (χ4v) is 1.40. The predicted molar refractivity (Wildman–Crippen MR) is 74.8 cm³/mol. The van der Waals surface area contributed by atoms with Crippen LogP contribution in [0.15, 0.2) is 12.1 Å². The highest BCUT2D eigenvalue weighted by Gasteiger charge is 2.22. The number of carboxylic acid groups (broad SMARTS) is 1. The van der Waals surface area contributed by atoms with Gasteiger partial charge < -0.3 is 20.7 Å². The molecule has 6 N–H and O–H groups in total. The number of nitro groups is 1. The SMILES string of the molecule is COc1cc(C[C@H](N)C(=O)O)cc([N+](=O)[O-])c1O.O=S(=O)(O)O. The summed E-state index contributed by atoms with van der Waals surface area (Å²) in [4.78, 5) is 20.5. The number of aliphatic carboxylic acids is 1. The van der Waals surface area contributed by atoms with Crippen molar-refractivity contribution in [2.75, 3.05) is 7.11 Å². The van der Waals surface area contributed by atoms with Crippen molar-refractivity contribution in [3.05, 3.63) is 27.8 Å². The first kappa shape index (κ1) is 20.5. The Bertz CT molecular complexity index is 679. The standard InChI is InChI=1S/C10H12N2O6.H2O4S/c1-18-8-4-5(2-6(11)10(14)15)3-7(9(8)13)12(16)17;1-5(2,3)4/h3-4,6,13H,2,11H2,1H3,(H,14,15);(H2,1,2,3,4)/t6-;/m0./s1. The molecule has 0 heterocycles. The molecule has 0 saturated carbocycles. The third-order valence-electron chi connectivity index (χ3n) is 2.30. The molecule has 0 aliphatic carbocycles. The molecule has 0 unspecified atom stereocenters. The van der Waals surface area contributed by atoms with Gasteiger partial charge in [0.15, 0.2) is 5.75 Å². The van der Waals surface area contributed by atoms with E-state index in [9.17, 15) is 20.0 Å². The lowest BCUT2D eigenvalue weighted by Gasteiger charge is -2.09. The van der Waals surface area contributed by atoms with E-state index in [1.807, 2.05) is 0 Å². The molecule has 130 valence electrons. The van der Waals surface area contributed by atoms with Crippen LogP contribution in [-0.2, 0) is 21.6 Å². The number of phenols is 1. The van der Waals surface area contributed by atoms with E-state index in [0.717, 1.165) is 6.07 Å². The summed E-state index contributed by atoms with van der Waals surface area (Å²) in [6, 6.07) is 1.20. The van der Waals surface area contributed by atoms with Gasteiger partial charge >= 0.3 is 22.1 Å². The van der Waals surface area contributed by atoms with Crippen molar-refractivity contribution in [1.29, 1.82) is 0 Å². The summed E-state index contributed by atoms with van der Waals surface area (Å²) in [7, 11) is -3.43. The predicted octanol–water partition coefficient (Wildman–Crippen LogP) is -0.389. The fourth-order valence-electron chi connectivity index (χ4n) is 1.40. The summed E-state index contributed by atoms with van der Waals surface area (Å²) in [5.74, 6) is -1.92. The molecule has 0 spiro atoms. The highest BCUT2D eigenvalue weighted by molar-refractivity contribution is 7.79. The van der Waals surface area contributed by atoms with Crippen LogP contribution < -0.4 is 10.5 Å². The zero-order valence-electron chi connectivity index (χ0n) is 11.6. The molecule has 0 saturated heterocycles. The van der Waals surface area contributed by atoms with Crippen LogP contribution in [-0.4, -0.2) is 51.8 Å². The largest absolute Gasteiger partial charge is 0.500 e. The fraction of sp³-hybridized carbons (Fsp3) is 0.300. The van der Waals surface area contributed by atoms with E-state index < -0.39 is 38.8 Å². The van der Waals surface area contributed by atoms with Crippen LogP contribution >= 0.6 is 0 Å². The summed E-state index contributed by atoms with van der Waals surface area (Å²) in [5, 5.41) is 28.9. The van der Waals surface area contributed by atoms with E-state index in [1.54, 1.807) is 0 Å². The average molecular weight is 354 g/mol. The molecule has 1 rings (SSSR count). The normalized spacial score (nSPS) is 11.8. The first-order valence-electron chi connectivity index (χ1n) is 5.59. The summed E-state index contributed by atoms with van der Waals surface area (Å²) < 4.78 is 36.4. The van der Waals surface area contributed by atoms with E-state index >= 15 is 0 Å². The van der Waals surface area contributed by atoms with Crippen molar-refractivity contribution < 1.29 is 42.2 Å². The van der Waals surface area contributed by atoms with Crippen molar-refractivity contribution in [3.8, 4) is 11.5 Å². The Morgan fingerprint density at radius 1 is 1.43 bits per heavy atom. The molecule has 0 amide bonds. The molecule has 0 bridgehead atoms. The molecule has 12 nitrogen and oxygen atoms in total. The lowest BCUT2D eigenvalue weighted by Crippen LogP contribution is -2.32. The molecule has 23 heavy (non-hydrogen) atoms. The van der Waals surface area contributed by atoms with E-state index in [1.165, 1.54) is 13.2 Å². The molecule has 1 aromatic carbocycles. The smallest absolute Gasteiger partial charge is 0.394 e. The Labute approximate surface area is 129 Å². The Morgan fingerprint density at radius 3 is 2.26 bits per heavy atom. The number of hydrogen-bond donors (Lipinski definition) is 5.